The van der Waals surface area contributed by atoms with Crippen LogP contribution in [-0.4, -0.2) is 41.2 Å². The lowest BCUT2D eigenvalue weighted by Gasteiger charge is -2.12. The van der Waals surface area contributed by atoms with Gasteiger partial charge in [0.1, 0.15) is 24.8 Å². The molecule has 0 saturated carbocycles. The zero-order valence-corrected chi connectivity index (χ0v) is 14.6. The number of aliphatic hydroxyl groups is 1. The number of Topliss-reactive ketones (excluding diaryl/α,β-unsaturated/α-hetero) is 1. The van der Waals surface area contributed by atoms with E-state index in [4.69, 9.17) is 32.1 Å². The lowest BCUT2D eigenvalue weighted by Crippen LogP contribution is -2.15. The van der Waals surface area contributed by atoms with Crippen molar-refractivity contribution < 1.29 is 19.4 Å². The Morgan fingerprint density at radius 1 is 1.38 bits per heavy atom. The number of hydrogen-bond acceptors (Lipinski definition) is 7. The van der Waals surface area contributed by atoms with E-state index < -0.39 is 17.9 Å². The Morgan fingerprint density at radius 3 is 2.81 bits per heavy atom. The van der Waals surface area contributed by atoms with Crippen LogP contribution in [0.25, 0.3) is 12.2 Å². The van der Waals surface area contributed by atoms with Crippen LogP contribution in [-0.2, 0) is 4.79 Å². The molecule has 0 aliphatic carbocycles. The fourth-order valence-electron chi connectivity index (χ4n) is 2.09. The summed E-state index contributed by atoms with van der Waals surface area (Å²) in [7, 11) is 1.45. The van der Waals surface area contributed by atoms with E-state index in [2.05, 4.69) is 9.97 Å². The summed E-state index contributed by atoms with van der Waals surface area (Å²) in [6.07, 6.45) is 3.08. The summed E-state index contributed by atoms with van der Waals surface area (Å²) >= 11 is 4.91. The summed E-state index contributed by atoms with van der Waals surface area (Å²) in [4.78, 5) is 28.2. The third-order valence-electron chi connectivity index (χ3n) is 3.30. The van der Waals surface area contributed by atoms with E-state index in [1.165, 1.54) is 13.2 Å². The van der Waals surface area contributed by atoms with Crippen molar-refractivity contribution in [2.45, 2.75) is 0 Å². The predicted molar refractivity (Wildman–Crippen MR) is 96.5 cm³/mol. The zero-order chi connectivity index (χ0) is 19.1. The topological polar surface area (TPSA) is 128 Å². The monoisotopic (exact) mass is 373 g/mol. The Morgan fingerprint density at radius 2 is 2.15 bits per heavy atom. The van der Waals surface area contributed by atoms with Crippen LogP contribution in [0.15, 0.2) is 23.0 Å². The second-order valence-electron chi connectivity index (χ2n) is 5.01. The summed E-state index contributed by atoms with van der Waals surface area (Å²) in [5.41, 5.74) is 0.0715. The second kappa shape index (κ2) is 8.75. The van der Waals surface area contributed by atoms with Gasteiger partial charge in [-0.3, -0.25) is 14.6 Å². The largest absolute Gasteiger partial charge is 0.493 e. The van der Waals surface area contributed by atoms with E-state index in [1.807, 2.05) is 6.07 Å². The number of nitriles is 1. The Bertz CT molecular complexity index is 1000. The van der Waals surface area contributed by atoms with Gasteiger partial charge in [0, 0.05) is 5.56 Å². The van der Waals surface area contributed by atoms with E-state index >= 15 is 0 Å². The number of carbonyl (C=O) groups is 1. The van der Waals surface area contributed by atoms with Gasteiger partial charge in [0.05, 0.1) is 12.8 Å². The molecule has 1 aromatic carbocycles. The molecule has 0 spiro atoms. The van der Waals surface area contributed by atoms with E-state index in [-0.39, 0.29) is 28.4 Å². The average Bonchev–Trinajstić information content (AvgIpc) is 2.63. The third-order valence-corrected chi connectivity index (χ3v) is 3.50. The molecule has 0 aliphatic heterocycles. The van der Waals surface area contributed by atoms with E-state index in [0.717, 1.165) is 0 Å². The molecule has 0 unspecified atom stereocenters. The highest BCUT2D eigenvalue weighted by Gasteiger charge is 2.11. The molecule has 0 aliphatic rings. The fraction of sp³-hybridized carbons (Fsp3) is 0.176. The minimum Gasteiger partial charge on any atom is -0.493 e. The van der Waals surface area contributed by atoms with Crippen molar-refractivity contribution >= 4 is 30.2 Å². The fourth-order valence-corrected chi connectivity index (χ4v) is 2.29. The molecule has 26 heavy (non-hydrogen) atoms. The first kappa shape index (κ1) is 19.1. The molecule has 8 nitrogen and oxygen atoms in total. The first-order valence-electron chi connectivity index (χ1n) is 7.37. The standard InChI is InChI=1S/C17H15N3O5S/c1-24-14-4-2-3-10(15(14)25-9-11(22)8-21)5-6-13-12(7-18)16(23)20-17(26)19-13/h2-6,21H,8-9H2,1H3,(H2,19,20,23,26)/b6-5+. The number of nitrogens with one attached hydrogen (secondary N) is 2. The van der Waals surface area contributed by atoms with Crippen molar-refractivity contribution in [3.63, 3.8) is 0 Å². The molecule has 3 N–H and O–H groups in total. The first-order valence-corrected chi connectivity index (χ1v) is 7.78. The molecular weight excluding hydrogens is 358 g/mol. The van der Waals surface area contributed by atoms with Crippen LogP contribution < -0.4 is 15.0 Å². The number of H-pyrrole nitrogens is 2. The van der Waals surface area contributed by atoms with E-state index in [0.29, 0.717) is 11.3 Å². The molecule has 2 rings (SSSR count). The van der Waals surface area contributed by atoms with Gasteiger partial charge >= 0.3 is 0 Å². The summed E-state index contributed by atoms with van der Waals surface area (Å²) in [6.45, 7) is -0.955. The maximum absolute atomic E-state index is 11.8. The number of hydrogen-bond donors (Lipinski definition) is 3. The molecule has 0 amide bonds. The maximum atomic E-state index is 11.8. The normalized spacial score (nSPS) is 10.5. The molecule has 1 heterocycles. The zero-order valence-electron chi connectivity index (χ0n) is 13.7. The number of aromatic amines is 2. The molecule has 0 bridgehead atoms. The number of para-hydroxylation sites is 1. The average molecular weight is 373 g/mol. The van der Waals surface area contributed by atoms with Gasteiger partial charge in [-0.25, -0.2) is 0 Å². The van der Waals surface area contributed by atoms with Crippen LogP contribution in [0.4, 0.5) is 0 Å². The van der Waals surface area contributed by atoms with E-state index in [9.17, 15) is 9.59 Å². The summed E-state index contributed by atoms with van der Waals surface area (Å²) in [5.74, 6) is 0.184. The minimum absolute atomic E-state index is 0.0873. The third kappa shape index (κ3) is 4.44. The number of carbonyl (C=O) groups excluding carboxylic acids is 1. The van der Waals surface area contributed by atoms with Gasteiger partial charge in [-0.05, 0) is 30.4 Å². The predicted octanol–water partition coefficient (Wildman–Crippen LogP) is 1.42. The van der Waals surface area contributed by atoms with Crippen LogP contribution in [0.3, 0.4) is 0 Å². The quantitative estimate of drug-likeness (QED) is 0.626. The van der Waals surface area contributed by atoms with Crippen molar-refractivity contribution in [3.8, 4) is 17.6 Å². The summed E-state index contributed by atoms with van der Waals surface area (Å²) < 4.78 is 10.8. The Hall–Kier alpha value is -3.22. The van der Waals surface area contributed by atoms with Crippen molar-refractivity contribution in [3.05, 3.63) is 50.1 Å². The van der Waals surface area contributed by atoms with E-state index in [1.54, 1.807) is 24.3 Å². The molecule has 0 radical (unpaired) electrons. The highest BCUT2D eigenvalue weighted by atomic mass is 32.1. The number of aliphatic hydroxyl groups excluding tert-OH is 1. The second-order valence-corrected chi connectivity index (χ2v) is 5.41. The van der Waals surface area contributed by atoms with Crippen LogP contribution in [0, 0.1) is 16.1 Å². The van der Waals surface area contributed by atoms with Crippen LogP contribution in [0.1, 0.15) is 16.8 Å². The number of methoxy groups -OCH3 is 1. The van der Waals surface area contributed by atoms with Gasteiger partial charge in [-0.15, -0.1) is 0 Å². The molecule has 0 saturated heterocycles. The number of aromatic nitrogens is 2. The summed E-state index contributed by atoms with van der Waals surface area (Å²) in [6, 6.07) is 6.87. The van der Waals surface area contributed by atoms with Gasteiger partial charge in [0.25, 0.3) is 5.56 Å². The van der Waals surface area contributed by atoms with Gasteiger partial charge < -0.3 is 19.6 Å². The molecule has 9 heteroatoms. The van der Waals surface area contributed by atoms with Crippen molar-refractivity contribution in [2.24, 2.45) is 0 Å². The maximum Gasteiger partial charge on any atom is 0.270 e. The highest BCUT2D eigenvalue weighted by Crippen LogP contribution is 2.32. The van der Waals surface area contributed by atoms with Crippen LogP contribution in [0.5, 0.6) is 11.5 Å². The molecule has 0 fully saturated rings. The van der Waals surface area contributed by atoms with Crippen molar-refractivity contribution in [1.82, 2.24) is 9.97 Å². The number of ether oxygens (including phenoxy) is 2. The van der Waals surface area contributed by atoms with Crippen LogP contribution >= 0.6 is 12.2 Å². The molecule has 2 aromatic rings. The van der Waals surface area contributed by atoms with Gasteiger partial charge in [-0.1, -0.05) is 12.1 Å². The highest BCUT2D eigenvalue weighted by molar-refractivity contribution is 7.71. The number of rotatable bonds is 7. The van der Waals surface area contributed by atoms with Gasteiger partial charge in [-0.2, -0.15) is 5.26 Å². The lowest BCUT2D eigenvalue weighted by atomic mass is 10.1. The summed E-state index contributed by atoms with van der Waals surface area (Å²) in [5, 5.41) is 18.0. The SMILES string of the molecule is COc1cccc(/C=C/c2[nH]c(=S)[nH]c(=O)c2C#N)c1OCC(=O)CO. The molecule has 0 atom stereocenters. The van der Waals surface area contributed by atoms with Gasteiger partial charge in [0.2, 0.25) is 0 Å². The van der Waals surface area contributed by atoms with Gasteiger partial charge in [0.15, 0.2) is 22.1 Å². The molecule has 134 valence electrons. The Kier molecular flexibility index (Phi) is 6.43. The van der Waals surface area contributed by atoms with Crippen LogP contribution in [0.2, 0.25) is 0 Å². The molecular formula is C17H15N3O5S. The number of benzene rings is 1. The first-order chi connectivity index (χ1) is 12.5. The van der Waals surface area contributed by atoms with Crippen molar-refractivity contribution in [2.75, 3.05) is 20.3 Å². The molecule has 1 aromatic heterocycles. The smallest absolute Gasteiger partial charge is 0.270 e. The number of ketones is 1. The Labute approximate surface area is 153 Å². The lowest BCUT2D eigenvalue weighted by molar-refractivity contribution is -0.123. The number of nitrogens with zero attached hydrogens (tertiary/aromatic N) is 1. The minimum atomic E-state index is -0.630. The van der Waals surface area contributed by atoms with Crippen molar-refractivity contribution in [1.29, 1.82) is 5.26 Å². The Balaban J connectivity index is 2.45.